The first-order chi connectivity index (χ1) is 9.17. The van der Waals surface area contributed by atoms with E-state index in [0.717, 1.165) is 16.5 Å². The fourth-order valence-electron chi connectivity index (χ4n) is 1.57. The number of rotatable bonds is 5. The van der Waals surface area contributed by atoms with E-state index in [1.165, 1.54) is 16.9 Å². The summed E-state index contributed by atoms with van der Waals surface area (Å²) in [6.07, 6.45) is 0.222. The topological polar surface area (TPSA) is 51.2 Å². The largest absolute Gasteiger partial charge is 0.466 e. The second-order valence-electron chi connectivity index (χ2n) is 4.12. The van der Waals surface area contributed by atoms with Crippen LogP contribution in [0.15, 0.2) is 29.6 Å². The number of benzene rings is 1. The van der Waals surface area contributed by atoms with Gasteiger partial charge in [-0.2, -0.15) is 0 Å². The van der Waals surface area contributed by atoms with Crippen LogP contribution in [0.2, 0.25) is 0 Å². The van der Waals surface area contributed by atoms with Crippen LogP contribution in [0.25, 0.3) is 0 Å². The molecule has 0 radical (unpaired) electrons. The number of nitrogens with one attached hydrogen (secondary N) is 1. The van der Waals surface area contributed by atoms with Crippen molar-refractivity contribution in [3.05, 3.63) is 40.9 Å². The normalized spacial score (nSPS) is 10.2. The molecule has 1 N–H and O–H groups in total. The zero-order valence-corrected chi connectivity index (χ0v) is 11.8. The van der Waals surface area contributed by atoms with Crippen molar-refractivity contribution in [2.24, 2.45) is 0 Å². The van der Waals surface area contributed by atoms with Crippen molar-refractivity contribution in [1.82, 2.24) is 4.98 Å². The first-order valence-corrected chi connectivity index (χ1v) is 6.99. The SMILES string of the molecule is CCOC(=O)Cc1csc(Nc2ccc(C)cc2)n1. The zero-order chi connectivity index (χ0) is 13.7. The van der Waals surface area contributed by atoms with Gasteiger partial charge in [-0.3, -0.25) is 4.79 Å². The van der Waals surface area contributed by atoms with E-state index in [1.807, 2.05) is 36.6 Å². The molecule has 0 spiro atoms. The minimum Gasteiger partial charge on any atom is -0.466 e. The fourth-order valence-corrected chi connectivity index (χ4v) is 2.30. The summed E-state index contributed by atoms with van der Waals surface area (Å²) in [5, 5.41) is 5.86. The van der Waals surface area contributed by atoms with Crippen LogP contribution >= 0.6 is 11.3 Å². The van der Waals surface area contributed by atoms with Gasteiger partial charge in [0.05, 0.1) is 18.7 Å². The quantitative estimate of drug-likeness (QED) is 0.851. The van der Waals surface area contributed by atoms with Crippen LogP contribution in [0.1, 0.15) is 18.2 Å². The molecule has 2 rings (SSSR count). The van der Waals surface area contributed by atoms with E-state index >= 15 is 0 Å². The molecule has 0 unspecified atom stereocenters. The Balaban J connectivity index is 1.97. The van der Waals surface area contributed by atoms with E-state index in [2.05, 4.69) is 10.3 Å². The number of aryl methyl sites for hydroxylation is 1. The average molecular weight is 276 g/mol. The van der Waals surface area contributed by atoms with Gasteiger partial charge in [-0.15, -0.1) is 11.3 Å². The standard InChI is InChI=1S/C14H16N2O2S/c1-3-18-13(17)8-12-9-19-14(16-12)15-11-6-4-10(2)5-7-11/h4-7,9H,3,8H2,1-2H3,(H,15,16). The smallest absolute Gasteiger partial charge is 0.311 e. The van der Waals surface area contributed by atoms with Gasteiger partial charge in [0.25, 0.3) is 0 Å². The van der Waals surface area contributed by atoms with Crippen LogP contribution in [-0.2, 0) is 16.0 Å². The highest BCUT2D eigenvalue weighted by atomic mass is 32.1. The molecule has 0 atom stereocenters. The fraction of sp³-hybridized carbons (Fsp3) is 0.286. The third-order valence-corrected chi connectivity index (χ3v) is 3.29. The molecule has 0 bridgehead atoms. The first kappa shape index (κ1) is 13.5. The Hall–Kier alpha value is -1.88. The van der Waals surface area contributed by atoms with Gasteiger partial charge in [-0.25, -0.2) is 4.98 Å². The Bertz CT molecular complexity index is 549. The van der Waals surface area contributed by atoms with E-state index in [1.54, 1.807) is 6.92 Å². The lowest BCUT2D eigenvalue weighted by atomic mass is 10.2. The van der Waals surface area contributed by atoms with Crippen molar-refractivity contribution in [3.63, 3.8) is 0 Å². The van der Waals surface area contributed by atoms with Gasteiger partial charge in [0.2, 0.25) is 0 Å². The molecular weight excluding hydrogens is 260 g/mol. The van der Waals surface area contributed by atoms with Crippen LogP contribution < -0.4 is 5.32 Å². The van der Waals surface area contributed by atoms with E-state index in [9.17, 15) is 4.79 Å². The van der Waals surface area contributed by atoms with E-state index in [0.29, 0.717) is 6.61 Å². The molecule has 1 aromatic carbocycles. The summed E-state index contributed by atoms with van der Waals surface area (Å²) in [7, 11) is 0. The van der Waals surface area contributed by atoms with Crippen molar-refractivity contribution >= 4 is 28.1 Å². The number of ether oxygens (including phenoxy) is 1. The number of hydrogen-bond acceptors (Lipinski definition) is 5. The van der Waals surface area contributed by atoms with Crippen molar-refractivity contribution in [3.8, 4) is 0 Å². The van der Waals surface area contributed by atoms with Crippen LogP contribution in [0, 0.1) is 6.92 Å². The summed E-state index contributed by atoms with van der Waals surface area (Å²) in [5.74, 6) is -0.241. The van der Waals surface area contributed by atoms with Crippen LogP contribution in [-0.4, -0.2) is 17.6 Å². The summed E-state index contributed by atoms with van der Waals surface area (Å²) in [6.45, 7) is 4.24. The van der Waals surface area contributed by atoms with Gasteiger partial charge in [-0.1, -0.05) is 17.7 Å². The Morgan fingerprint density at radius 1 is 1.37 bits per heavy atom. The monoisotopic (exact) mass is 276 g/mol. The molecule has 1 heterocycles. The molecule has 0 saturated heterocycles. The van der Waals surface area contributed by atoms with Gasteiger partial charge in [0, 0.05) is 11.1 Å². The molecule has 0 aliphatic carbocycles. The van der Waals surface area contributed by atoms with Crippen molar-refractivity contribution in [1.29, 1.82) is 0 Å². The summed E-state index contributed by atoms with van der Waals surface area (Å²) in [5.41, 5.74) is 2.94. The molecule has 4 nitrogen and oxygen atoms in total. The number of aromatic nitrogens is 1. The molecule has 5 heteroatoms. The number of esters is 1. The zero-order valence-electron chi connectivity index (χ0n) is 11.0. The minimum atomic E-state index is -0.241. The Kier molecular flexibility index (Phi) is 4.52. The van der Waals surface area contributed by atoms with Crippen LogP contribution in [0.4, 0.5) is 10.8 Å². The number of nitrogens with zero attached hydrogens (tertiary/aromatic N) is 1. The number of thiazole rings is 1. The van der Waals surface area contributed by atoms with Gasteiger partial charge in [0.15, 0.2) is 5.13 Å². The molecular formula is C14H16N2O2S. The summed E-state index contributed by atoms with van der Waals surface area (Å²) < 4.78 is 4.89. The van der Waals surface area contributed by atoms with Crippen molar-refractivity contribution in [2.75, 3.05) is 11.9 Å². The third-order valence-electron chi connectivity index (χ3n) is 2.49. The lowest BCUT2D eigenvalue weighted by molar-refractivity contribution is -0.142. The number of hydrogen-bond donors (Lipinski definition) is 1. The Labute approximate surface area is 116 Å². The number of carbonyl (C=O) groups is 1. The summed E-state index contributed by atoms with van der Waals surface area (Å²) >= 11 is 1.48. The minimum absolute atomic E-state index is 0.222. The molecule has 0 aliphatic rings. The maximum Gasteiger partial charge on any atom is 0.311 e. The average Bonchev–Trinajstić information content (AvgIpc) is 2.80. The summed E-state index contributed by atoms with van der Waals surface area (Å²) in [4.78, 5) is 15.7. The maximum atomic E-state index is 11.3. The highest BCUT2D eigenvalue weighted by Crippen LogP contribution is 2.21. The summed E-state index contributed by atoms with van der Waals surface area (Å²) in [6, 6.07) is 8.08. The molecule has 0 amide bonds. The predicted octanol–water partition coefficient (Wildman–Crippen LogP) is 3.30. The highest BCUT2D eigenvalue weighted by Gasteiger charge is 2.08. The van der Waals surface area contributed by atoms with Crippen LogP contribution in [0.5, 0.6) is 0 Å². The highest BCUT2D eigenvalue weighted by molar-refractivity contribution is 7.13. The molecule has 1 aromatic heterocycles. The first-order valence-electron chi connectivity index (χ1n) is 6.11. The molecule has 19 heavy (non-hydrogen) atoms. The van der Waals surface area contributed by atoms with E-state index in [-0.39, 0.29) is 12.4 Å². The van der Waals surface area contributed by atoms with Crippen molar-refractivity contribution < 1.29 is 9.53 Å². The van der Waals surface area contributed by atoms with Crippen LogP contribution in [0.3, 0.4) is 0 Å². The predicted molar refractivity (Wildman–Crippen MR) is 76.9 cm³/mol. The molecule has 2 aromatic rings. The molecule has 0 aliphatic heterocycles. The Morgan fingerprint density at radius 3 is 2.79 bits per heavy atom. The third kappa shape index (κ3) is 4.06. The Morgan fingerprint density at radius 2 is 2.11 bits per heavy atom. The second kappa shape index (κ2) is 6.33. The molecule has 0 saturated carbocycles. The maximum absolute atomic E-state index is 11.3. The van der Waals surface area contributed by atoms with E-state index in [4.69, 9.17) is 4.74 Å². The van der Waals surface area contributed by atoms with Gasteiger partial charge < -0.3 is 10.1 Å². The van der Waals surface area contributed by atoms with Gasteiger partial charge >= 0.3 is 5.97 Å². The second-order valence-corrected chi connectivity index (χ2v) is 4.97. The number of anilines is 2. The van der Waals surface area contributed by atoms with E-state index < -0.39 is 0 Å². The number of carbonyl (C=O) groups excluding carboxylic acids is 1. The molecule has 100 valence electrons. The van der Waals surface area contributed by atoms with Crippen molar-refractivity contribution in [2.45, 2.75) is 20.3 Å². The molecule has 0 fully saturated rings. The lowest BCUT2D eigenvalue weighted by Crippen LogP contribution is -2.07. The van der Waals surface area contributed by atoms with Gasteiger partial charge in [-0.05, 0) is 26.0 Å². The van der Waals surface area contributed by atoms with Gasteiger partial charge in [0.1, 0.15) is 0 Å². The lowest BCUT2D eigenvalue weighted by Gasteiger charge is -2.02.